The van der Waals surface area contributed by atoms with Gasteiger partial charge in [-0.25, -0.2) is 0 Å². The lowest BCUT2D eigenvalue weighted by Crippen LogP contribution is -2.04. The van der Waals surface area contributed by atoms with E-state index in [9.17, 15) is 0 Å². The van der Waals surface area contributed by atoms with Crippen LogP contribution in [0.1, 0.15) is 23.1 Å². The highest BCUT2D eigenvalue weighted by molar-refractivity contribution is 9.15. The molecule has 4 rings (SSSR count). The van der Waals surface area contributed by atoms with Crippen LogP contribution in [-0.4, -0.2) is 0 Å². The lowest BCUT2D eigenvalue weighted by Gasteiger charge is -2.25. The summed E-state index contributed by atoms with van der Waals surface area (Å²) in [5.74, 6) is 0. The molecule has 0 heterocycles. The fourth-order valence-corrected chi connectivity index (χ4v) is 4.00. The summed E-state index contributed by atoms with van der Waals surface area (Å²) in [5, 5.41) is 2.78. The molecule has 0 atom stereocenters. The average molecular weight is 362 g/mol. The van der Waals surface area contributed by atoms with Crippen LogP contribution in [0.15, 0.2) is 40.9 Å². The van der Waals surface area contributed by atoms with Crippen molar-refractivity contribution in [2.75, 3.05) is 0 Å². The summed E-state index contributed by atoms with van der Waals surface area (Å²) >= 11 is 7.38. The highest BCUT2D eigenvalue weighted by atomic mass is 79.9. The van der Waals surface area contributed by atoms with Crippen LogP contribution in [0, 0.1) is 0 Å². The Bertz CT molecular complexity index is 751. The largest absolute Gasteiger partial charge is 0.0759 e. The van der Waals surface area contributed by atoms with E-state index in [2.05, 4.69) is 68.3 Å². The van der Waals surface area contributed by atoms with Crippen molar-refractivity contribution in [3.8, 4) is 0 Å². The molecular weight excluding hydrogens is 352 g/mol. The Labute approximate surface area is 123 Å². The van der Waals surface area contributed by atoms with Crippen LogP contribution in [0.3, 0.4) is 0 Å². The second kappa shape index (κ2) is 3.82. The van der Waals surface area contributed by atoms with Gasteiger partial charge in [-0.05, 0) is 51.9 Å². The van der Waals surface area contributed by atoms with Crippen LogP contribution in [0.25, 0.3) is 20.8 Å². The van der Waals surface area contributed by atoms with Crippen molar-refractivity contribution >= 4 is 52.7 Å². The fraction of sp³-hybridized carbons (Fsp3) is 0.125. The molecule has 0 fully saturated rings. The third-order valence-electron chi connectivity index (χ3n) is 3.87. The molecule has 2 aromatic rings. The minimum atomic E-state index is 1.04. The highest BCUT2D eigenvalue weighted by Gasteiger charge is 2.23. The molecule has 0 saturated heterocycles. The molecule has 2 aliphatic rings. The maximum Gasteiger partial charge on any atom is 0.0217 e. The van der Waals surface area contributed by atoms with Crippen molar-refractivity contribution < 1.29 is 0 Å². The molecule has 0 aliphatic heterocycles. The Kier molecular flexibility index (Phi) is 2.33. The zero-order valence-corrected chi connectivity index (χ0v) is 12.8. The van der Waals surface area contributed by atoms with E-state index in [1.807, 2.05) is 0 Å². The van der Waals surface area contributed by atoms with Crippen LogP contribution in [0.4, 0.5) is 0 Å². The normalized spacial score (nSPS) is 16.6. The number of halogens is 2. The van der Waals surface area contributed by atoms with Crippen molar-refractivity contribution in [2.45, 2.75) is 12.8 Å². The van der Waals surface area contributed by atoms with Gasteiger partial charge in [-0.15, -0.1) is 0 Å². The fourth-order valence-electron chi connectivity index (χ4n) is 3.02. The summed E-state index contributed by atoms with van der Waals surface area (Å²) < 4.78 is 2.45. The van der Waals surface area contributed by atoms with Crippen molar-refractivity contribution in [3.05, 3.63) is 57.6 Å². The van der Waals surface area contributed by atoms with Gasteiger partial charge in [0.15, 0.2) is 0 Å². The molecule has 18 heavy (non-hydrogen) atoms. The lowest BCUT2D eigenvalue weighted by molar-refractivity contribution is 1.22. The average Bonchev–Trinajstić information content (AvgIpc) is 2.40. The maximum atomic E-state index is 3.69. The van der Waals surface area contributed by atoms with Crippen LogP contribution < -0.4 is 0 Å². The van der Waals surface area contributed by atoms with E-state index in [1.54, 1.807) is 0 Å². The predicted molar refractivity (Wildman–Crippen MR) is 84.9 cm³/mol. The molecule has 2 aromatic carbocycles. The molecular formula is C16H10Br2. The van der Waals surface area contributed by atoms with Gasteiger partial charge in [0.2, 0.25) is 0 Å². The van der Waals surface area contributed by atoms with Gasteiger partial charge in [-0.3, -0.25) is 0 Å². The molecule has 0 aromatic heterocycles. The topological polar surface area (TPSA) is 0 Å². The summed E-state index contributed by atoms with van der Waals surface area (Å²) in [6.45, 7) is 0. The first-order chi connectivity index (χ1) is 8.75. The third kappa shape index (κ3) is 1.36. The van der Waals surface area contributed by atoms with Gasteiger partial charge in [-0.1, -0.05) is 62.2 Å². The monoisotopic (exact) mass is 360 g/mol. The first kappa shape index (κ1) is 11.0. The molecule has 0 N–H and O–H groups in total. The molecule has 2 heteroatoms. The van der Waals surface area contributed by atoms with Crippen LogP contribution >= 0.6 is 31.9 Å². The minimum Gasteiger partial charge on any atom is -0.0759 e. The summed E-state index contributed by atoms with van der Waals surface area (Å²) in [6.07, 6.45) is 6.72. The van der Waals surface area contributed by atoms with Crippen molar-refractivity contribution in [2.24, 2.45) is 0 Å². The van der Waals surface area contributed by atoms with E-state index >= 15 is 0 Å². The predicted octanol–water partition coefficient (Wildman–Crippen LogP) is 5.68. The van der Waals surface area contributed by atoms with Crippen LogP contribution in [0.5, 0.6) is 0 Å². The smallest absolute Gasteiger partial charge is 0.0217 e. The second-order valence-electron chi connectivity index (χ2n) is 4.80. The van der Waals surface area contributed by atoms with Gasteiger partial charge in [0, 0.05) is 8.96 Å². The van der Waals surface area contributed by atoms with Crippen LogP contribution in [-0.2, 0) is 6.42 Å². The van der Waals surface area contributed by atoms with Gasteiger partial charge in [0.25, 0.3) is 0 Å². The van der Waals surface area contributed by atoms with Gasteiger partial charge < -0.3 is 0 Å². The van der Waals surface area contributed by atoms with E-state index in [-0.39, 0.29) is 0 Å². The van der Waals surface area contributed by atoms with E-state index < -0.39 is 0 Å². The summed E-state index contributed by atoms with van der Waals surface area (Å²) in [5.41, 5.74) is 5.67. The minimum absolute atomic E-state index is 1.04. The third-order valence-corrected chi connectivity index (χ3v) is 5.36. The van der Waals surface area contributed by atoms with E-state index in [4.69, 9.17) is 0 Å². The number of hydrogen-bond donors (Lipinski definition) is 0. The van der Waals surface area contributed by atoms with Gasteiger partial charge >= 0.3 is 0 Å². The van der Waals surface area contributed by atoms with Crippen molar-refractivity contribution in [1.29, 1.82) is 0 Å². The van der Waals surface area contributed by atoms with Crippen LogP contribution in [0.2, 0.25) is 0 Å². The molecule has 2 aliphatic carbocycles. The van der Waals surface area contributed by atoms with Gasteiger partial charge in [0.1, 0.15) is 0 Å². The number of benzene rings is 2. The number of allylic oxidation sites excluding steroid dienone is 3. The van der Waals surface area contributed by atoms with E-state index in [1.165, 1.54) is 42.0 Å². The number of hydrogen-bond acceptors (Lipinski definition) is 0. The molecule has 0 nitrogen and oxygen atoms in total. The zero-order valence-electron chi connectivity index (χ0n) is 9.63. The Morgan fingerprint density at radius 3 is 2.61 bits per heavy atom. The second-order valence-corrected chi connectivity index (χ2v) is 6.51. The number of rotatable bonds is 0. The Morgan fingerprint density at radius 2 is 1.72 bits per heavy atom. The van der Waals surface area contributed by atoms with Gasteiger partial charge in [0.05, 0.1) is 0 Å². The molecule has 0 unspecified atom stereocenters. The highest BCUT2D eigenvalue weighted by Crippen LogP contribution is 2.45. The van der Waals surface area contributed by atoms with Gasteiger partial charge in [-0.2, -0.15) is 0 Å². The van der Waals surface area contributed by atoms with Crippen molar-refractivity contribution in [1.82, 2.24) is 0 Å². The Balaban J connectivity index is 2.25. The quantitative estimate of drug-likeness (QED) is 0.566. The summed E-state index contributed by atoms with van der Waals surface area (Å²) in [6, 6.07) is 8.83. The molecule has 0 amide bonds. The summed E-state index contributed by atoms with van der Waals surface area (Å²) in [7, 11) is 0. The van der Waals surface area contributed by atoms with E-state index in [0.29, 0.717) is 0 Å². The molecule has 0 saturated carbocycles. The Morgan fingerprint density at radius 1 is 0.889 bits per heavy atom. The molecule has 0 bridgehead atoms. The zero-order chi connectivity index (χ0) is 12.3. The molecule has 0 spiro atoms. The SMILES string of the molecule is BrC1=CCC2=CCc3c(Br)ccc4ccc1c2c34. The first-order valence-electron chi connectivity index (χ1n) is 6.05. The molecule has 0 radical (unpaired) electrons. The first-order valence-corrected chi connectivity index (χ1v) is 7.64. The van der Waals surface area contributed by atoms with Crippen molar-refractivity contribution in [3.63, 3.8) is 0 Å². The standard InChI is InChI=1S/C16H10Br2/c17-13-8-4-10-2-6-12-14(18)7-3-9-1-5-11(13)16(10)15(9)12/h1-3,5,7-8H,4,6H2. The Hall–Kier alpha value is -0.860. The molecule has 88 valence electrons. The summed E-state index contributed by atoms with van der Waals surface area (Å²) in [4.78, 5) is 0. The lowest BCUT2D eigenvalue weighted by atomic mass is 9.81. The van der Waals surface area contributed by atoms with E-state index in [0.717, 1.165) is 12.8 Å². The maximum absolute atomic E-state index is 3.69.